The summed E-state index contributed by atoms with van der Waals surface area (Å²) in [6, 6.07) is 0.448. The molecule has 13 heavy (non-hydrogen) atoms. The van der Waals surface area contributed by atoms with Crippen LogP contribution in [0.1, 0.15) is 12.7 Å². The van der Waals surface area contributed by atoms with Crippen molar-refractivity contribution in [3.63, 3.8) is 0 Å². The molecule has 72 valence electrons. The maximum absolute atomic E-state index is 5.01. The van der Waals surface area contributed by atoms with E-state index in [1.165, 1.54) is 0 Å². The summed E-state index contributed by atoms with van der Waals surface area (Å²) < 4.78 is 6.92. The minimum Gasteiger partial charge on any atom is -0.377 e. The number of nitrogens with one attached hydrogen (secondary N) is 1. The maximum Gasteiger partial charge on any atom is 0.210 e. The van der Waals surface area contributed by atoms with Gasteiger partial charge in [-0.1, -0.05) is 11.8 Å². The molecule has 5 nitrogen and oxygen atoms in total. The van der Waals surface area contributed by atoms with Crippen molar-refractivity contribution in [3.05, 3.63) is 5.82 Å². The van der Waals surface area contributed by atoms with Crippen molar-refractivity contribution >= 4 is 11.8 Å². The van der Waals surface area contributed by atoms with Crippen LogP contribution < -0.4 is 5.43 Å². The molecule has 6 heteroatoms. The molecule has 2 rings (SSSR count). The van der Waals surface area contributed by atoms with Crippen molar-refractivity contribution in [2.24, 2.45) is 0 Å². The summed E-state index contributed by atoms with van der Waals surface area (Å²) in [5.74, 6) is 1.86. The predicted octanol–water partition coefficient (Wildman–Crippen LogP) is 0.462. The fourth-order valence-corrected chi connectivity index (χ4v) is 2.06. The quantitative estimate of drug-likeness (QED) is 0.751. The topological polar surface area (TPSA) is 52.0 Å². The van der Waals surface area contributed by atoms with Gasteiger partial charge in [0.05, 0.1) is 0 Å². The van der Waals surface area contributed by atoms with Crippen molar-refractivity contribution in [1.82, 2.24) is 14.9 Å². The van der Waals surface area contributed by atoms with Crippen LogP contribution in [0.5, 0.6) is 0 Å². The molecule has 0 saturated heterocycles. The number of nitrogens with zero attached hydrogens (tertiary/aromatic N) is 3. The molecule has 0 saturated carbocycles. The number of hydrogen-bond acceptors (Lipinski definition) is 5. The number of thioether (sulfide) groups is 1. The van der Waals surface area contributed by atoms with Crippen LogP contribution in [0.15, 0.2) is 5.16 Å². The Morgan fingerprint density at radius 1 is 1.69 bits per heavy atom. The molecule has 0 aliphatic carbocycles. The van der Waals surface area contributed by atoms with Crippen LogP contribution in [0.3, 0.4) is 0 Å². The largest absolute Gasteiger partial charge is 0.377 e. The summed E-state index contributed by atoms with van der Waals surface area (Å²) in [7, 11) is 1.65. The van der Waals surface area contributed by atoms with E-state index in [1.807, 2.05) is 4.68 Å². The lowest BCUT2D eigenvalue weighted by atomic mass is 10.4. The van der Waals surface area contributed by atoms with Crippen LogP contribution in [0.2, 0.25) is 0 Å². The molecule has 0 amide bonds. The zero-order valence-electron chi connectivity index (χ0n) is 7.65. The first-order chi connectivity index (χ1) is 6.31. The molecule has 1 aromatic rings. The van der Waals surface area contributed by atoms with Crippen LogP contribution in [-0.2, 0) is 11.3 Å². The Hall–Kier alpha value is -0.750. The summed E-state index contributed by atoms with van der Waals surface area (Å²) in [6.07, 6.45) is 0. The number of rotatable bonds is 2. The minimum atomic E-state index is 0.448. The molecule has 1 atom stereocenters. The molecule has 0 radical (unpaired) electrons. The highest BCUT2D eigenvalue weighted by Crippen LogP contribution is 2.21. The molecular weight excluding hydrogens is 188 g/mol. The van der Waals surface area contributed by atoms with Gasteiger partial charge in [0, 0.05) is 18.9 Å². The molecule has 2 heterocycles. The standard InChI is InChI=1S/C7H12N4OS/c1-5-4-13-7-9-8-6(3-12-2)11(7)10-5/h5,10H,3-4H2,1-2H3. The van der Waals surface area contributed by atoms with Gasteiger partial charge < -0.3 is 10.2 Å². The van der Waals surface area contributed by atoms with E-state index in [0.717, 1.165) is 16.7 Å². The highest BCUT2D eigenvalue weighted by Gasteiger charge is 2.19. The number of methoxy groups -OCH3 is 1. The van der Waals surface area contributed by atoms with Gasteiger partial charge in [-0.05, 0) is 6.92 Å². The summed E-state index contributed by atoms with van der Waals surface area (Å²) in [5.41, 5.74) is 3.28. The van der Waals surface area contributed by atoms with Crippen LogP contribution in [0.4, 0.5) is 0 Å². The fourth-order valence-electron chi connectivity index (χ4n) is 1.20. The first-order valence-corrected chi connectivity index (χ1v) is 5.12. The Labute approximate surface area is 80.8 Å². The molecular formula is C7H12N4OS. The van der Waals surface area contributed by atoms with Crippen LogP contribution in [0, 0.1) is 0 Å². The fraction of sp³-hybridized carbons (Fsp3) is 0.714. The van der Waals surface area contributed by atoms with Gasteiger partial charge in [-0.3, -0.25) is 0 Å². The minimum absolute atomic E-state index is 0.448. The van der Waals surface area contributed by atoms with Gasteiger partial charge in [-0.25, -0.2) is 4.68 Å². The van der Waals surface area contributed by atoms with E-state index in [0.29, 0.717) is 12.6 Å². The smallest absolute Gasteiger partial charge is 0.210 e. The van der Waals surface area contributed by atoms with Gasteiger partial charge in [0.1, 0.15) is 6.61 Å². The van der Waals surface area contributed by atoms with Gasteiger partial charge >= 0.3 is 0 Å². The zero-order chi connectivity index (χ0) is 9.26. The Balaban J connectivity index is 2.25. The second-order valence-corrected chi connectivity index (χ2v) is 4.00. The average molecular weight is 200 g/mol. The number of ether oxygens (including phenoxy) is 1. The van der Waals surface area contributed by atoms with Crippen molar-refractivity contribution in [2.75, 3.05) is 18.3 Å². The van der Waals surface area contributed by atoms with Gasteiger partial charge in [-0.15, -0.1) is 10.2 Å². The SMILES string of the molecule is COCc1nnc2n1NC(C)CS2. The lowest BCUT2D eigenvalue weighted by Crippen LogP contribution is -2.33. The monoisotopic (exact) mass is 200 g/mol. The third-order valence-corrected chi connectivity index (χ3v) is 2.97. The third kappa shape index (κ3) is 1.64. The highest BCUT2D eigenvalue weighted by molar-refractivity contribution is 7.99. The zero-order valence-corrected chi connectivity index (χ0v) is 8.47. The van der Waals surface area contributed by atoms with E-state index in [-0.39, 0.29) is 0 Å². The molecule has 1 aliphatic heterocycles. The summed E-state index contributed by atoms with van der Waals surface area (Å²) in [6.45, 7) is 2.62. The van der Waals surface area contributed by atoms with Gasteiger partial charge in [0.2, 0.25) is 5.16 Å². The van der Waals surface area contributed by atoms with Crippen LogP contribution in [-0.4, -0.2) is 33.8 Å². The third-order valence-electron chi connectivity index (χ3n) is 1.79. The second-order valence-electron chi connectivity index (χ2n) is 3.01. The molecule has 1 N–H and O–H groups in total. The Bertz CT molecular complexity index is 301. The molecule has 1 unspecified atom stereocenters. The maximum atomic E-state index is 5.01. The van der Waals surface area contributed by atoms with Crippen molar-refractivity contribution in [1.29, 1.82) is 0 Å². The van der Waals surface area contributed by atoms with Crippen molar-refractivity contribution < 1.29 is 4.74 Å². The van der Waals surface area contributed by atoms with E-state index in [9.17, 15) is 0 Å². The normalized spacial score (nSPS) is 20.9. The summed E-state index contributed by atoms with van der Waals surface area (Å²) in [4.78, 5) is 0. The molecule has 0 fully saturated rings. The Morgan fingerprint density at radius 2 is 2.54 bits per heavy atom. The molecule has 0 aromatic carbocycles. The molecule has 0 spiro atoms. The number of fused-ring (bicyclic) bond motifs is 1. The molecule has 0 bridgehead atoms. The van der Waals surface area contributed by atoms with E-state index >= 15 is 0 Å². The Morgan fingerprint density at radius 3 is 3.31 bits per heavy atom. The van der Waals surface area contributed by atoms with E-state index in [2.05, 4.69) is 22.5 Å². The number of hydrogen-bond donors (Lipinski definition) is 1. The lowest BCUT2D eigenvalue weighted by Gasteiger charge is -2.22. The predicted molar refractivity (Wildman–Crippen MR) is 50.3 cm³/mol. The Kier molecular flexibility index (Phi) is 2.41. The van der Waals surface area contributed by atoms with Crippen LogP contribution >= 0.6 is 11.8 Å². The van der Waals surface area contributed by atoms with Gasteiger partial charge in [0.15, 0.2) is 5.82 Å². The summed E-state index contributed by atoms with van der Waals surface area (Å²) in [5, 5.41) is 8.99. The van der Waals surface area contributed by atoms with Crippen LogP contribution in [0.25, 0.3) is 0 Å². The van der Waals surface area contributed by atoms with Crippen molar-refractivity contribution in [2.45, 2.75) is 24.7 Å². The highest BCUT2D eigenvalue weighted by atomic mass is 32.2. The average Bonchev–Trinajstić information content (AvgIpc) is 2.49. The lowest BCUT2D eigenvalue weighted by molar-refractivity contribution is 0.174. The first kappa shape index (κ1) is 8.83. The second kappa shape index (κ2) is 3.55. The molecule has 1 aromatic heterocycles. The first-order valence-electron chi connectivity index (χ1n) is 4.14. The molecule has 1 aliphatic rings. The number of aromatic nitrogens is 3. The summed E-state index contributed by atoms with van der Waals surface area (Å²) >= 11 is 1.71. The van der Waals surface area contributed by atoms with Crippen molar-refractivity contribution in [3.8, 4) is 0 Å². The van der Waals surface area contributed by atoms with Gasteiger partial charge in [0.25, 0.3) is 0 Å². The van der Waals surface area contributed by atoms with E-state index < -0.39 is 0 Å². The van der Waals surface area contributed by atoms with E-state index in [1.54, 1.807) is 18.9 Å². The van der Waals surface area contributed by atoms with E-state index in [4.69, 9.17) is 4.74 Å². The van der Waals surface area contributed by atoms with Gasteiger partial charge in [-0.2, -0.15) is 0 Å².